The number of hydrogen-bond donors (Lipinski definition) is 1. The van der Waals surface area contributed by atoms with Crippen LogP contribution in [0.1, 0.15) is 29.3 Å². The van der Waals surface area contributed by atoms with Crippen LogP contribution in [-0.2, 0) is 11.2 Å². The SMILES string of the molecule is CCc1ccc(-n2nc(C)c3c(C)cc(OCC(=O)Nc4cccc(Cl)c4C)nc32)cc1. The lowest BCUT2D eigenvalue weighted by Crippen LogP contribution is -2.21. The summed E-state index contributed by atoms with van der Waals surface area (Å²) in [7, 11) is 0. The molecule has 0 saturated carbocycles. The van der Waals surface area contributed by atoms with Crippen LogP contribution in [-0.4, -0.2) is 27.3 Å². The van der Waals surface area contributed by atoms with E-state index in [1.165, 1.54) is 5.56 Å². The van der Waals surface area contributed by atoms with Crippen molar-refractivity contribution in [3.8, 4) is 11.6 Å². The normalized spacial score (nSPS) is 11.0. The lowest BCUT2D eigenvalue weighted by atomic mass is 10.1. The summed E-state index contributed by atoms with van der Waals surface area (Å²) in [6, 6.07) is 15.5. The standard InChI is InChI=1S/C25H25ClN4O2/c1-5-18-9-11-19(12-10-18)30-25-24(17(4)29-30)15(2)13-23(28-25)32-14-22(31)27-21-8-6-7-20(26)16(21)3/h6-13H,5,14H2,1-4H3,(H,27,31). The molecule has 0 radical (unpaired) electrons. The van der Waals surface area contributed by atoms with E-state index in [9.17, 15) is 4.79 Å². The molecular weight excluding hydrogens is 424 g/mol. The molecule has 0 aliphatic rings. The smallest absolute Gasteiger partial charge is 0.262 e. The van der Waals surface area contributed by atoms with Crippen molar-refractivity contribution in [2.75, 3.05) is 11.9 Å². The molecule has 0 saturated heterocycles. The van der Waals surface area contributed by atoms with E-state index in [-0.39, 0.29) is 12.5 Å². The van der Waals surface area contributed by atoms with Gasteiger partial charge in [0.2, 0.25) is 5.88 Å². The molecule has 0 aliphatic carbocycles. The number of nitrogens with zero attached hydrogens (tertiary/aromatic N) is 3. The molecule has 0 unspecified atom stereocenters. The number of carbonyl (C=O) groups is 1. The number of rotatable bonds is 6. The third kappa shape index (κ3) is 4.32. The maximum absolute atomic E-state index is 12.4. The van der Waals surface area contributed by atoms with Crippen molar-refractivity contribution in [2.45, 2.75) is 34.1 Å². The Hall–Kier alpha value is -3.38. The van der Waals surface area contributed by atoms with Gasteiger partial charge in [0.25, 0.3) is 5.91 Å². The summed E-state index contributed by atoms with van der Waals surface area (Å²) in [5.41, 5.74) is 6.25. The quantitative estimate of drug-likeness (QED) is 0.418. The Bertz CT molecular complexity index is 1300. The van der Waals surface area contributed by atoms with Crippen molar-refractivity contribution >= 4 is 34.2 Å². The molecular formula is C25H25ClN4O2. The van der Waals surface area contributed by atoms with Gasteiger partial charge in [0.15, 0.2) is 12.3 Å². The van der Waals surface area contributed by atoms with E-state index >= 15 is 0 Å². The molecule has 164 valence electrons. The van der Waals surface area contributed by atoms with Crippen LogP contribution in [0, 0.1) is 20.8 Å². The fraction of sp³-hybridized carbons (Fsp3) is 0.240. The number of amides is 1. The van der Waals surface area contributed by atoms with E-state index in [0.29, 0.717) is 22.2 Å². The second-order valence-electron chi connectivity index (χ2n) is 7.74. The first-order chi connectivity index (χ1) is 15.4. The molecule has 0 spiro atoms. The summed E-state index contributed by atoms with van der Waals surface area (Å²) >= 11 is 6.13. The fourth-order valence-corrected chi connectivity index (χ4v) is 3.84. The van der Waals surface area contributed by atoms with Gasteiger partial charge in [-0.3, -0.25) is 4.79 Å². The molecule has 6 nitrogen and oxygen atoms in total. The summed E-state index contributed by atoms with van der Waals surface area (Å²) in [6.45, 7) is 7.78. The number of benzene rings is 2. The van der Waals surface area contributed by atoms with Crippen molar-refractivity contribution in [1.29, 1.82) is 0 Å². The Morgan fingerprint density at radius 3 is 2.59 bits per heavy atom. The second kappa shape index (κ2) is 9.01. The Balaban J connectivity index is 1.58. The zero-order chi connectivity index (χ0) is 22.8. The molecule has 4 aromatic rings. The number of aryl methyl sites for hydroxylation is 3. The monoisotopic (exact) mass is 448 g/mol. The molecule has 2 aromatic carbocycles. The molecule has 0 bridgehead atoms. The van der Waals surface area contributed by atoms with Crippen molar-refractivity contribution in [3.63, 3.8) is 0 Å². The maximum Gasteiger partial charge on any atom is 0.262 e. The molecule has 7 heteroatoms. The molecule has 4 rings (SSSR count). The van der Waals surface area contributed by atoms with E-state index < -0.39 is 0 Å². The molecule has 0 fully saturated rings. The highest BCUT2D eigenvalue weighted by Crippen LogP contribution is 2.27. The fourth-order valence-electron chi connectivity index (χ4n) is 3.67. The first-order valence-electron chi connectivity index (χ1n) is 10.5. The van der Waals surface area contributed by atoms with Crippen LogP contribution in [0.3, 0.4) is 0 Å². The molecule has 0 atom stereocenters. The Labute approximate surface area is 192 Å². The highest BCUT2D eigenvalue weighted by molar-refractivity contribution is 6.31. The molecule has 32 heavy (non-hydrogen) atoms. The Morgan fingerprint density at radius 2 is 1.88 bits per heavy atom. The predicted octanol–water partition coefficient (Wildman–Crippen LogP) is 5.58. The zero-order valence-electron chi connectivity index (χ0n) is 18.6. The zero-order valence-corrected chi connectivity index (χ0v) is 19.3. The summed E-state index contributed by atoms with van der Waals surface area (Å²) < 4.78 is 7.56. The Morgan fingerprint density at radius 1 is 1.12 bits per heavy atom. The number of hydrogen-bond acceptors (Lipinski definition) is 4. The second-order valence-corrected chi connectivity index (χ2v) is 8.15. The average molecular weight is 449 g/mol. The number of nitrogens with one attached hydrogen (secondary N) is 1. The van der Waals surface area contributed by atoms with Crippen LogP contribution in [0.5, 0.6) is 5.88 Å². The topological polar surface area (TPSA) is 69.0 Å². The van der Waals surface area contributed by atoms with Gasteiger partial charge < -0.3 is 10.1 Å². The van der Waals surface area contributed by atoms with Crippen LogP contribution >= 0.6 is 11.6 Å². The number of aromatic nitrogens is 3. The largest absolute Gasteiger partial charge is 0.467 e. The minimum atomic E-state index is -0.283. The summed E-state index contributed by atoms with van der Waals surface area (Å²) in [5.74, 6) is 0.0917. The van der Waals surface area contributed by atoms with Gasteiger partial charge in [-0.25, -0.2) is 4.68 Å². The average Bonchev–Trinajstić information content (AvgIpc) is 3.12. The number of pyridine rings is 1. The maximum atomic E-state index is 12.4. The van der Waals surface area contributed by atoms with Gasteiger partial charge in [0.1, 0.15) is 0 Å². The number of anilines is 1. The highest BCUT2D eigenvalue weighted by Gasteiger charge is 2.16. The minimum Gasteiger partial charge on any atom is -0.467 e. The first-order valence-corrected chi connectivity index (χ1v) is 10.9. The van der Waals surface area contributed by atoms with Gasteiger partial charge >= 0.3 is 0 Å². The van der Waals surface area contributed by atoms with E-state index in [1.54, 1.807) is 18.2 Å². The van der Waals surface area contributed by atoms with Gasteiger partial charge in [-0.2, -0.15) is 10.1 Å². The minimum absolute atomic E-state index is 0.164. The number of carbonyl (C=O) groups excluding carboxylic acids is 1. The lowest BCUT2D eigenvalue weighted by molar-refractivity contribution is -0.118. The van der Waals surface area contributed by atoms with E-state index in [2.05, 4.69) is 29.4 Å². The van der Waals surface area contributed by atoms with Crippen molar-refractivity contribution in [3.05, 3.63) is 75.9 Å². The summed E-state index contributed by atoms with van der Waals surface area (Å²) in [5, 5.41) is 9.11. The van der Waals surface area contributed by atoms with Crippen LogP contribution < -0.4 is 10.1 Å². The predicted molar refractivity (Wildman–Crippen MR) is 128 cm³/mol. The number of fused-ring (bicyclic) bond motifs is 1. The van der Waals surface area contributed by atoms with Gasteiger partial charge in [0, 0.05) is 22.2 Å². The molecule has 2 heterocycles. The van der Waals surface area contributed by atoms with Gasteiger partial charge in [-0.05, 0) is 68.1 Å². The van der Waals surface area contributed by atoms with E-state index in [1.807, 2.05) is 43.7 Å². The highest BCUT2D eigenvalue weighted by atomic mass is 35.5. The van der Waals surface area contributed by atoms with Crippen LogP contribution in [0.25, 0.3) is 16.7 Å². The van der Waals surface area contributed by atoms with Gasteiger partial charge in [-0.1, -0.05) is 36.7 Å². The van der Waals surface area contributed by atoms with Crippen LogP contribution in [0.2, 0.25) is 5.02 Å². The van der Waals surface area contributed by atoms with E-state index in [0.717, 1.165) is 34.3 Å². The van der Waals surface area contributed by atoms with Gasteiger partial charge in [-0.15, -0.1) is 0 Å². The molecule has 2 aromatic heterocycles. The number of ether oxygens (including phenoxy) is 1. The van der Waals surface area contributed by atoms with Crippen molar-refractivity contribution < 1.29 is 9.53 Å². The molecule has 1 amide bonds. The van der Waals surface area contributed by atoms with E-state index in [4.69, 9.17) is 21.4 Å². The Kier molecular flexibility index (Phi) is 6.15. The summed E-state index contributed by atoms with van der Waals surface area (Å²) in [6.07, 6.45) is 0.977. The van der Waals surface area contributed by atoms with Crippen LogP contribution in [0.15, 0.2) is 48.5 Å². The molecule has 0 aliphatic heterocycles. The lowest BCUT2D eigenvalue weighted by Gasteiger charge is -2.11. The third-order valence-corrected chi connectivity index (χ3v) is 5.88. The van der Waals surface area contributed by atoms with Gasteiger partial charge in [0.05, 0.1) is 11.4 Å². The van der Waals surface area contributed by atoms with Crippen molar-refractivity contribution in [2.24, 2.45) is 0 Å². The third-order valence-electron chi connectivity index (χ3n) is 5.47. The van der Waals surface area contributed by atoms with Crippen molar-refractivity contribution in [1.82, 2.24) is 14.8 Å². The number of halogens is 1. The summed E-state index contributed by atoms with van der Waals surface area (Å²) in [4.78, 5) is 17.1. The van der Waals surface area contributed by atoms with Crippen LogP contribution in [0.4, 0.5) is 5.69 Å². The molecule has 1 N–H and O–H groups in total. The first kappa shape index (κ1) is 21.8.